The molecule has 0 nitrogen and oxygen atoms in total. The molecule has 1 aliphatic heterocycles. The summed E-state index contributed by atoms with van der Waals surface area (Å²) in [5, 5.41) is 5.21. The molecule has 0 saturated heterocycles. The van der Waals surface area contributed by atoms with Crippen molar-refractivity contribution in [3.05, 3.63) is 54.3 Å². The minimum absolute atomic E-state index is 0.796. The van der Waals surface area contributed by atoms with E-state index < -0.39 is 0 Å². The molecule has 0 unspecified atom stereocenters. The third-order valence-corrected chi connectivity index (χ3v) is 7.83. The van der Waals surface area contributed by atoms with Crippen molar-refractivity contribution in [2.75, 3.05) is 0 Å². The van der Waals surface area contributed by atoms with E-state index in [0.717, 1.165) is 9.52 Å². The highest BCUT2D eigenvalue weighted by atomic mass is 79.9. The van der Waals surface area contributed by atoms with Gasteiger partial charge < -0.3 is 0 Å². The van der Waals surface area contributed by atoms with E-state index >= 15 is 0 Å². The first kappa shape index (κ1) is 12.6. The van der Waals surface area contributed by atoms with Crippen molar-refractivity contribution < 1.29 is 0 Å². The number of allylic oxidation sites excluding steroid dienone is 2. The van der Waals surface area contributed by atoms with E-state index in [1.807, 2.05) is 22.7 Å². The highest BCUT2D eigenvalue weighted by Gasteiger charge is 2.23. The zero-order chi connectivity index (χ0) is 12.7. The fourth-order valence-corrected chi connectivity index (χ4v) is 6.22. The Morgan fingerprint density at radius 3 is 2.28 bits per heavy atom. The predicted molar refractivity (Wildman–Crippen MR) is 87.3 cm³/mol. The van der Waals surface area contributed by atoms with Crippen molar-refractivity contribution in [1.29, 1.82) is 0 Å². The van der Waals surface area contributed by atoms with Crippen LogP contribution >= 0.6 is 38.6 Å². The molecule has 0 atom stereocenters. The maximum absolute atomic E-state index is 3.56. The van der Waals surface area contributed by atoms with Gasteiger partial charge in [0.05, 0.1) is 3.79 Å². The molecule has 2 aromatic rings. The molecule has 0 N–H and O–H groups in total. The van der Waals surface area contributed by atoms with Crippen LogP contribution in [0.1, 0.15) is 23.6 Å². The predicted octanol–water partition coefficient (Wildman–Crippen LogP) is 5.45. The molecule has 2 radical (unpaired) electrons. The molecular formula is C14H11BrS2Si. The average Bonchev–Trinajstić information content (AvgIpc) is 3.04. The highest BCUT2D eigenvalue weighted by Crippen LogP contribution is 2.40. The van der Waals surface area contributed by atoms with E-state index in [2.05, 4.69) is 59.4 Å². The molecule has 2 aromatic heterocycles. The van der Waals surface area contributed by atoms with Crippen LogP contribution < -0.4 is 0 Å². The minimum atomic E-state index is 0.796. The van der Waals surface area contributed by atoms with Crippen LogP contribution in [0.4, 0.5) is 0 Å². The number of rotatable bonds is 2. The molecule has 4 heteroatoms. The zero-order valence-corrected chi connectivity index (χ0v) is 14.3. The molecule has 1 aliphatic rings. The van der Waals surface area contributed by atoms with Crippen molar-refractivity contribution in [3.8, 4) is 0 Å². The van der Waals surface area contributed by atoms with Crippen molar-refractivity contribution in [3.63, 3.8) is 0 Å². The summed E-state index contributed by atoms with van der Waals surface area (Å²) in [6, 6.07) is 8.74. The molecule has 0 aliphatic carbocycles. The molecule has 0 spiro atoms. The van der Waals surface area contributed by atoms with Crippen LogP contribution in [0.5, 0.6) is 0 Å². The van der Waals surface area contributed by atoms with Gasteiger partial charge in [0.15, 0.2) is 0 Å². The monoisotopic (exact) mass is 350 g/mol. The van der Waals surface area contributed by atoms with E-state index in [0.29, 0.717) is 0 Å². The summed E-state index contributed by atoms with van der Waals surface area (Å²) in [4.78, 5) is 2.83. The molecule has 18 heavy (non-hydrogen) atoms. The Hall–Kier alpha value is -0.423. The normalized spacial score (nSPS) is 15.9. The summed E-state index contributed by atoms with van der Waals surface area (Å²) in [6.45, 7) is 4.51. The Morgan fingerprint density at radius 1 is 1.00 bits per heavy atom. The Balaban J connectivity index is 1.99. The van der Waals surface area contributed by atoms with Crippen LogP contribution in [0.2, 0.25) is 0 Å². The smallest absolute Gasteiger partial charge is 0.126 e. The number of hydrogen-bond donors (Lipinski definition) is 0. The molecule has 0 saturated carbocycles. The third kappa shape index (κ3) is 2.11. The minimum Gasteiger partial charge on any atom is -0.145 e. The Labute approximate surface area is 126 Å². The molecule has 3 heterocycles. The second-order valence-electron chi connectivity index (χ2n) is 4.21. The van der Waals surface area contributed by atoms with E-state index in [9.17, 15) is 0 Å². The fraction of sp³-hybridized carbons (Fsp3) is 0.143. The number of halogens is 1. The standard InChI is InChI=1S/C14H11BrS2Si/c1-8-9(2)14(11-5-6-12(15)17-11)18-13(8)10-4-3-7-16-10/h3-7H,1-2H3. The van der Waals surface area contributed by atoms with Gasteiger partial charge in [0.25, 0.3) is 0 Å². The van der Waals surface area contributed by atoms with Gasteiger partial charge in [0.1, 0.15) is 9.52 Å². The van der Waals surface area contributed by atoms with Crippen LogP contribution in [-0.4, -0.2) is 9.52 Å². The van der Waals surface area contributed by atoms with E-state index in [-0.39, 0.29) is 0 Å². The number of hydrogen-bond acceptors (Lipinski definition) is 2. The SMILES string of the molecule is CC1=C(c2cccs2)[Si]C(c2ccc(Br)s2)=C1C. The lowest BCUT2D eigenvalue weighted by Crippen LogP contribution is -1.93. The largest absolute Gasteiger partial charge is 0.145 e. The summed E-state index contributed by atoms with van der Waals surface area (Å²) in [5.41, 5.74) is 2.93. The maximum atomic E-state index is 3.56. The summed E-state index contributed by atoms with van der Waals surface area (Å²) in [7, 11) is 0.796. The topological polar surface area (TPSA) is 0 Å². The van der Waals surface area contributed by atoms with Gasteiger partial charge >= 0.3 is 0 Å². The summed E-state index contributed by atoms with van der Waals surface area (Å²) in [6.07, 6.45) is 0. The van der Waals surface area contributed by atoms with Gasteiger partial charge in [-0.1, -0.05) is 6.07 Å². The summed E-state index contributed by atoms with van der Waals surface area (Å²) >= 11 is 7.23. The first-order valence-corrected chi connectivity index (χ1v) is 9.14. The van der Waals surface area contributed by atoms with Crippen LogP contribution in [0.25, 0.3) is 10.4 Å². The van der Waals surface area contributed by atoms with Crippen molar-refractivity contribution in [1.82, 2.24) is 0 Å². The lowest BCUT2D eigenvalue weighted by atomic mass is 10.1. The lowest BCUT2D eigenvalue weighted by Gasteiger charge is -2.00. The van der Waals surface area contributed by atoms with Gasteiger partial charge in [0, 0.05) is 9.75 Å². The number of thiophene rings is 2. The average molecular weight is 351 g/mol. The Kier molecular flexibility index (Phi) is 3.45. The zero-order valence-electron chi connectivity index (χ0n) is 10.1. The van der Waals surface area contributed by atoms with Crippen LogP contribution in [0.15, 0.2) is 44.6 Å². The fourth-order valence-electron chi connectivity index (χ4n) is 2.05. The third-order valence-electron chi connectivity index (χ3n) is 3.15. The van der Waals surface area contributed by atoms with Crippen molar-refractivity contribution in [2.45, 2.75) is 13.8 Å². The van der Waals surface area contributed by atoms with Gasteiger partial charge in [-0.05, 0) is 74.9 Å². The Bertz CT molecular complexity index is 647. The molecule has 0 aromatic carbocycles. The molecule has 0 bridgehead atoms. The maximum Gasteiger partial charge on any atom is 0.126 e. The quantitative estimate of drug-likeness (QED) is 0.631. The van der Waals surface area contributed by atoms with Gasteiger partial charge in [-0.3, -0.25) is 0 Å². The van der Waals surface area contributed by atoms with E-state index in [1.54, 1.807) is 0 Å². The second kappa shape index (κ2) is 4.93. The second-order valence-corrected chi connectivity index (χ2v) is 8.87. The molecule has 90 valence electrons. The molecule has 0 fully saturated rings. The van der Waals surface area contributed by atoms with Crippen molar-refractivity contribution in [2.24, 2.45) is 0 Å². The molecule has 0 amide bonds. The van der Waals surface area contributed by atoms with Gasteiger partial charge in [-0.2, -0.15) is 0 Å². The Morgan fingerprint density at radius 2 is 1.72 bits per heavy atom. The first-order valence-electron chi connectivity index (χ1n) is 5.65. The molecular weight excluding hydrogens is 340 g/mol. The van der Waals surface area contributed by atoms with Crippen LogP contribution in [0.3, 0.4) is 0 Å². The molecule has 3 rings (SSSR count). The van der Waals surface area contributed by atoms with Gasteiger partial charge in [0.2, 0.25) is 0 Å². The van der Waals surface area contributed by atoms with E-state index in [4.69, 9.17) is 0 Å². The summed E-state index contributed by atoms with van der Waals surface area (Å²) in [5.74, 6) is 0. The van der Waals surface area contributed by atoms with Crippen LogP contribution in [0, 0.1) is 0 Å². The van der Waals surface area contributed by atoms with Gasteiger partial charge in [-0.25, -0.2) is 0 Å². The lowest BCUT2D eigenvalue weighted by molar-refractivity contribution is 1.39. The van der Waals surface area contributed by atoms with E-state index in [1.165, 1.54) is 35.1 Å². The highest BCUT2D eigenvalue weighted by molar-refractivity contribution is 9.11. The summed E-state index contributed by atoms with van der Waals surface area (Å²) < 4.78 is 1.21. The van der Waals surface area contributed by atoms with Gasteiger partial charge in [-0.15, -0.1) is 22.7 Å². The van der Waals surface area contributed by atoms with Crippen molar-refractivity contribution >= 4 is 58.5 Å². The first-order chi connectivity index (χ1) is 8.66. The van der Waals surface area contributed by atoms with Crippen LogP contribution in [-0.2, 0) is 0 Å².